The highest BCUT2D eigenvalue weighted by atomic mass is 19.4. The average Bonchev–Trinajstić information content (AvgIpc) is 3.28. The first-order chi connectivity index (χ1) is 16.8. The van der Waals surface area contributed by atoms with Gasteiger partial charge in [-0.2, -0.15) is 18.2 Å². The van der Waals surface area contributed by atoms with Gasteiger partial charge in [-0.15, -0.1) is 5.10 Å². The topological polar surface area (TPSA) is 78.3 Å². The minimum absolute atomic E-state index is 0.0952. The number of benzene rings is 3. The maximum Gasteiger partial charge on any atom is 0.416 e. The number of methoxy groups -OCH3 is 1. The number of hydrogen-bond acceptors (Lipinski definition) is 5. The number of carbonyl (C=O) groups is 1. The third-order valence-electron chi connectivity index (χ3n) is 5.03. The molecule has 4 aromatic rings. The summed E-state index contributed by atoms with van der Waals surface area (Å²) >= 11 is 0. The molecule has 0 saturated heterocycles. The number of ether oxygens (including phenoxy) is 2. The molecule has 0 fully saturated rings. The molecule has 10 heteroatoms. The molecule has 3 aromatic carbocycles. The quantitative estimate of drug-likeness (QED) is 0.370. The first-order valence-corrected chi connectivity index (χ1v) is 10.6. The van der Waals surface area contributed by atoms with Crippen molar-refractivity contribution in [2.75, 3.05) is 19.0 Å². The molecule has 0 saturated carbocycles. The normalized spacial score (nSPS) is 11.2. The number of alkyl halides is 3. The predicted octanol–water partition coefficient (Wildman–Crippen LogP) is 5.61. The van der Waals surface area contributed by atoms with Crippen molar-refractivity contribution in [3.05, 3.63) is 83.9 Å². The number of nitrogens with zero attached hydrogens (tertiary/aromatic N) is 3. The van der Waals surface area contributed by atoms with E-state index in [2.05, 4.69) is 15.4 Å². The number of rotatable bonds is 7. The Balaban J connectivity index is 1.60. The zero-order valence-corrected chi connectivity index (χ0v) is 18.8. The van der Waals surface area contributed by atoms with Gasteiger partial charge < -0.3 is 14.8 Å². The van der Waals surface area contributed by atoms with Crippen molar-refractivity contribution >= 4 is 11.6 Å². The smallest absolute Gasteiger partial charge is 0.416 e. The standard InChI is InChI=1S/C25H21F3N4O3/c1-3-35-24-30-22(16-7-9-18(10-8-16)25(26,27)28)32(31-24)20-13-11-19(12-14-20)29-23(33)17-5-4-6-21(15-17)34-2/h4-15H,3H2,1-2H3,(H,29,33). The Morgan fingerprint density at radius 1 is 1.03 bits per heavy atom. The van der Waals surface area contributed by atoms with Crippen molar-refractivity contribution in [2.45, 2.75) is 13.1 Å². The number of hydrogen-bond donors (Lipinski definition) is 1. The lowest BCUT2D eigenvalue weighted by Crippen LogP contribution is -2.12. The average molecular weight is 482 g/mol. The largest absolute Gasteiger partial charge is 0.497 e. The van der Waals surface area contributed by atoms with Crippen LogP contribution in [0.2, 0.25) is 0 Å². The molecule has 1 aromatic heterocycles. The van der Waals surface area contributed by atoms with Crippen LogP contribution in [0.1, 0.15) is 22.8 Å². The van der Waals surface area contributed by atoms with Crippen LogP contribution in [0.3, 0.4) is 0 Å². The van der Waals surface area contributed by atoms with Crippen LogP contribution in [0.4, 0.5) is 18.9 Å². The molecule has 1 amide bonds. The number of anilines is 1. The fraction of sp³-hybridized carbons (Fsp3) is 0.160. The van der Waals surface area contributed by atoms with E-state index in [9.17, 15) is 18.0 Å². The van der Waals surface area contributed by atoms with Crippen molar-refractivity contribution < 1.29 is 27.4 Å². The number of carbonyl (C=O) groups excluding carboxylic acids is 1. The van der Waals surface area contributed by atoms with Crippen LogP contribution in [-0.2, 0) is 6.18 Å². The fourth-order valence-electron chi connectivity index (χ4n) is 3.31. The van der Waals surface area contributed by atoms with Crippen LogP contribution in [0, 0.1) is 0 Å². The fourth-order valence-corrected chi connectivity index (χ4v) is 3.31. The van der Waals surface area contributed by atoms with Crippen molar-refractivity contribution in [3.8, 4) is 28.8 Å². The Labute approximate surface area is 199 Å². The van der Waals surface area contributed by atoms with Crippen LogP contribution in [-0.4, -0.2) is 34.4 Å². The summed E-state index contributed by atoms with van der Waals surface area (Å²) in [5.74, 6) is 0.580. The number of aromatic nitrogens is 3. The van der Waals surface area contributed by atoms with Crippen LogP contribution in [0.25, 0.3) is 17.1 Å². The maximum absolute atomic E-state index is 13.0. The molecule has 0 bridgehead atoms. The van der Waals surface area contributed by atoms with Crippen LogP contribution >= 0.6 is 0 Å². The van der Waals surface area contributed by atoms with E-state index in [4.69, 9.17) is 9.47 Å². The van der Waals surface area contributed by atoms with Crippen molar-refractivity contribution in [3.63, 3.8) is 0 Å². The molecule has 0 aliphatic heterocycles. The van der Waals surface area contributed by atoms with E-state index in [1.807, 2.05) is 0 Å². The summed E-state index contributed by atoms with van der Waals surface area (Å²) in [6.07, 6.45) is -4.44. The number of nitrogens with one attached hydrogen (secondary N) is 1. The molecule has 4 rings (SSSR count). The molecule has 7 nitrogen and oxygen atoms in total. The van der Waals surface area contributed by atoms with Gasteiger partial charge in [0.05, 0.1) is 25.0 Å². The summed E-state index contributed by atoms with van der Waals surface area (Å²) < 4.78 is 50.9. The maximum atomic E-state index is 13.0. The second-order valence-corrected chi connectivity index (χ2v) is 7.37. The zero-order valence-electron chi connectivity index (χ0n) is 18.8. The monoisotopic (exact) mass is 482 g/mol. The Kier molecular flexibility index (Phi) is 6.72. The molecule has 35 heavy (non-hydrogen) atoms. The highest BCUT2D eigenvalue weighted by molar-refractivity contribution is 6.04. The third kappa shape index (κ3) is 5.43. The van der Waals surface area contributed by atoms with E-state index in [-0.39, 0.29) is 11.9 Å². The van der Waals surface area contributed by atoms with Gasteiger partial charge in [0.2, 0.25) is 0 Å². The van der Waals surface area contributed by atoms with Gasteiger partial charge in [0, 0.05) is 16.8 Å². The SMILES string of the molecule is CCOc1nc(-c2ccc(C(F)(F)F)cc2)n(-c2ccc(NC(=O)c3cccc(OC)c3)cc2)n1. The third-order valence-corrected chi connectivity index (χ3v) is 5.03. The summed E-state index contributed by atoms with van der Waals surface area (Å²) in [6, 6.07) is 18.3. The van der Waals surface area contributed by atoms with E-state index < -0.39 is 11.7 Å². The summed E-state index contributed by atoms with van der Waals surface area (Å²) in [7, 11) is 1.52. The summed E-state index contributed by atoms with van der Waals surface area (Å²) in [4.78, 5) is 16.9. The molecule has 1 N–H and O–H groups in total. The minimum Gasteiger partial charge on any atom is -0.497 e. The molecule has 1 heterocycles. The van der Waals surface area contributed by atoms with E-state index >= 15 is 0 Å². The molecule has 0 aliphatic rings. The van der Waals surface area contributed by atoms with Crippen LogP contribution in [0.5, 0.6) is 11.8 Å². The Morgan fingerprint density at radius 3 is 2.37 bits per heavy atom. The van der Waals surface area contributed by atoms with E-state index in [1.165, 1.54) is 23.9 Å². The first-order valence-electron chi connectivity index (χ1n) is 10.6. The van der Waals surface area contributed by atoms with Gasteiger partial charge in [0.25, 0.3) is 5.91 Å². The lowest BCUT2D eigenvalue weighted by Gasteiger charge is -2.10. The summed E-state index contributed by atoms with van der Waals surface area (Å²) in [6.45, 7) is 2.10. The van der Waals surface area contributed by atoms with Gasteiger partial charge in [0.1, 0.15) is 5.75 Å². The van der Waals surface area contributed by atoms with Crippen LogP contribution in [0.15, 0.2) is 72.8 Å². The highest BCUT2D eigenvalue weighted by Crippen LogP contribution is 2.31. The van der Waals surface area contributed by atoms with Gasteiger partial charge in [-0.25, -0.2) is 4.68 Å². The Morgan fingerprint density at radius 2 is 1.74 bits per heavy atom. The summed E-state index contributed by atoms with van der Waals surface area (Å²) in [5.41, 5.74) is 1.25. The Bertz CT molecular complexity index is 1320. The minimum atomic E-state index is -4.44. The second-order valence-electron chi connectivity index (χ2n) is 7.37. The van der Waals surface area contributed by atoms with Gasteiger partial charge in [-0.3, -0.25) is 4.79 Å². The van der Waals surface area contributed by atoms with E-state index in [1.54, 1.807) is 55.5 Å². The molecular weight excluding hydrogens is 461 g/mol. The number of amides is 1. The molecule has 0 spiro atoms. The predicted molar refractivity (Wildman–Crippen MR) is 124 cm³/mol. The lowest BCUT2D eigenvalue weighted by atomic mass is 10.1. The van der Waals surface area contributed by atoms with E-state index in [0.717, 1.165) is 12.1 Å². The van der Waals surface area contributed by atoms with Crippen molar-refractivity contribution in [1.29, 1.82) is 0 Å². The second kappa shape index (κ2) is 9.88. The molecule has 180 valence electrons. The van der Waals surface area contributed by atoms with Gasteiger partial charge in [-0.1, -0.05) is 18.2 Å². The first kappa shape index (κ1) is 23.8. The van der Waals surface area contributed by atoms with Gasteiger partial charge >= 0.3 is 12.2 Å². The highest BCUT2D eigenvalue weighted by Gasteiger charge is 2.30. The Hall–Kier alpha value is -4.34. The van der Waals surface area contributed by atoms with Crippen molar-refractivity contribution in [1.82, 2.24) is 14.8 Å². The van der Waals surface area contributed by atoms with Crippen molar-refractivity contribution in [2.24, 2.45) is 0 Å². The zero-order chi connectivity index (χ0) is 25.0. The molecule has 0 atom stereocenters. The van der Waals surface area contributed by atoms with Crippen LogP contribution < -0.4 is 14.8 Å². The van der Waals surface area contributed by atoms with Gasteiger partial charge in [-0.05, 0) is 61.5 Å². The number of halogens is 3. The molecule has 0 radical (unpaired) electrons. The molecule has 0 aliphatic carbocycles. The summed E-state index contributed by atoms with van der Waals surface area (Å²) in [5, 5.41) is 7.14. The molecular formula is C25H21F3N4O3. The lowest BCUT2D eigenvalue weighted by molar-refractivity contribution is -0.137. The van der Waals surface area contributed by atoms with E-state index in [0.29, 0.717) is 40.7 Å². The van der Waals surface area contributed by atoms with Gasteiger partial charge in [0.15, 0.2) is 5.82 Å². The molecule has 0 unspecified atom stereocenters.